The number of aromatic nitrogens is 2. The topological polar surface area (TPSA) is 25.8 Å². The fourth-order valence-corrected chi connectivity index (χ4v) is 9.42. The Morgan fingerprint density at radius 3 is 1.78 bits per heavy atom. The summed E-state index contributed by atoms with van der Waals surface area (Å²) < 4.78 is 2.63. The molecule has 55 heavy (non-hydrogen) atoms. The van der Waals surface area contributed by atoms with Crippen LogP contribution >= 0.6 is 11.3 Å². The number of nitrogens with zero attached hydrogens (tertiary/aromatic N) is 2. The van der Waals surface area contributed by atoms with Gasteiger partial charge in [-0.2, -0.15) is 0 Å². The van der Waals surface area contributed by atoms with Gasteiger partial charge in [0.2, 0.25) is 0 Å². The molecule has 0 unspecified atom stereocenters. The van der Waals surface area contributed by atoms with E-state index < -0.39 is 0 Å². The van der Waals surface area contributed by atoms with Crippen molar-refractivity contribution in [3.63, 3.8) is 0 Å². The Morgan fingerprint density at radius 1 is 0.327 bits per heavy atom. The molecule has 3 heteroatoms. The smallest absolute Gasteiger partial charge is 0.160 e. The monoisotopic (exact) mass is 716 g/mol. The first-order valence-electron chi connectivity index (χ1n) is 18.6. The lowest BCUT2D eigenvalue weighted by Crippen LogP contribution is -1.97. The van der Waals surface area contributed by atoms with Crippen molar-refractivity contribution in [2.24, 2.45) is 0 Å². The van der Waals surface area contributed by atoms with Crippen molar-refractivity contribution in [2.75, 3.05) is 0 Å². The van der Waals surface area contributed by atoms with Gasteiger partial charge in [-0.3, -0.25) is 0 Å². The predicted octanol–water partition coefficient (Wildman–Crippen LogP) is 14.6. The van der Waals surface area contributed by atoms with Crippen molar-refractivity contribution < 1.29 is 0 Å². The standard InChI is InChI=1S/C52H32N2S/c1-2-11-33(12-3-1)34-21-27-38(28-22-34)52-53-47(37-25-23-36(24-26-37)42-18-10-19-45-43-17-8-9-20-49(43)55-51(42)45)32-48(54-52)50-41-16-7-5-14-39(41)31-46-40-15-6-4-13-35(40)29-30-44(46)50/h1-32H. The molecular weight excluding hydrogens is 685 g/mol. The maximum Gasteiger partial charge on any atom is 0.160 e. The van der Waals surface area contributed by atoms with Crippen LogP contribution < -0.4 is 0 Å². The second-order valence-electron chi connectivity index (χ2n) is 14.1. The van der Waals surface area contributed by atoms with Crippen molar-refractivity contribution in [1.82, 2.24) is 9.97 Å². The first-order valence-corrected chi connectivity index (χ1v) is 19.5. The zero-order valence-electron chi connectivity index (χ0n) is 29.8. The van der Waals surface area contributed by atoms with Crippen LogP contribution in [-0.2, 0) is 0 Å². The van der Waals surface area contributed by atoms with E-state index in [1.54, 1.807) is 0 Å². The highest BCUT2D eigenvalue weighted by Crippen LogP contribution is 2.42. The minimum absolute atomic E-state index is 0.702. The largest absolute Gasteiger partial charge is 0.228 e. The minimum atomic E-state index is 0.702. The van der Waals surface area contributed by atoms with E-state index in [0.29, 0.717) is 5.82 Å². The molecule has 0 amide bonds. The summed E-state index contributed by atoms with van der Waals surface area (Å²) in [5.41, 5.74) is 9.74. The Hall–Kier alpha value is -6.94. The molecule has 0 N–H and O–H groups in total. The van der Waals surface area contributed by atoms with Gasteiger partial charge in [-0.05, 0) is 72.8 Å². The van der Waals surface area contributed by atoms with Gasteiger partial charge in [-0.15, -0.1) is 11.3 Å². The van der Waals surface area contributed by atoms with Crippen LogP contribution in [0.25, 0.3) is 109 Å². The maximum absolute atomic E-state index is 5.39. The maximum atomic E-state index is 5.39. The van der Waals surface area contributed by atoms with E-state index in [1.165, 1.54) is 69.2 Å². The van der Waals surface area contributed by atoms with Crippen LogP contribution in [0.4, 0.5) is 0 Å². The molecule has 0 spiro atoms. The molecular formula is C52H32N2S. The molecule has 0 saturated heterocycles. The van der Waals surface area contributed by atoms with E-state index in [2.05, 4.69) is 194 Å². The van der Waals surface area contributed by atoms with E-state index in [-0.39, 0.29) is 0 Å². The number of rotatable bonds is 5. The number of fused-ring (bicyclic) bond motifs is 7. The lowest BCUT2D eigenvalue weighted by molar-refractivity contribution is 1.19. The van der Waals surface area contributed by atoms with Gasteiger partial charge in [-0.25, -0.2) is 9.97 Å². The Bertz CT molecular complexity index is 3230. The van der Waals surface area contributed by atoms with Crippen LogP contribution in [0.15, 0.2) is 194 Å². The molecule has 11 rings (SSSR count). The van der Waals surface area contributed by atoms with Crippen LogP contribution in [-0.4, -0.2) is 9.97 Å². The zero-order chi connectivity index (χ0) is 36.3. The summed E-state index contributed by atoms with van der Waals surface area (Å²) in [7, 11) is 0. The van der Waals surface area contributed by atoms with E-state index in [0.717, 1.165) is 33.6 Å². The van der Waals surface area contributed by atoms with Crippen LogP contribution in [0.2, 0.25) is 0 Å². The molecule has 0 fully saturated rings. The molecule has 0 radical (unpaired) electrons. The number of hydrogen-bond donors (Lipinski definition) is 0. The van der Waals surface area contributed by atoms with Gasteiger partial charge in [0.1, 0.15) is 0 Å². The molecule has 0 aliphatic heterocycles. The Kier molecular flexibility index (Phi) is 7.39. The summed E-state index contributed by atoms with van der Waals surface area (Å²) in [4.78, 5) is 10.7. The number of hydrogen-bond acceptors (Lipinski definition) is 3. The highest BCUT2D eigenvalue weighted by molar-refractivity contribution is 7.26. The summed E-state index contributed by atoms with van der Waals surface area (Å²) in [6.07, 6.45) is 0. The molecule has 0 aliphatic carbocycles. The molecule has 0 saturated carbocycles. The Labute approximate surface area is 322 Å². The molecule has 0 aliphatic rings. The average Bonchev–Trinajstić information content (AvgIpc) is 3.65. The second kappa shape index (κ2) is 12.9. The van der Waals surface area contributed by atoms with Gasteiger partial charge in [0.05, 0.1) is 11.4 Å². The fraction of sp³-hybridized carbons (Fsp3) is 0. The summed E-state index contributed by atoms with van der Waals surface area (Å²) in [6, 6.07) is 69.7. The van der Waals surface area contributed by atoms with Crippen molar-refractivity contribution in [1.29, 1.82) is 0 Å². The van der Waals surface area contributed by atoms with Crippen molar-refractivity contribution >= 4 is 63.8 Å². The molecule has 0 bridgehead atoms. The minimum Gasteiger partial charge on any atom is -0.228 e. The summed E-state index contributed by atoms with van der Waals surface area (Å²) in [6.45, 7) is 0. The van der Waals surface area contributed by atoms with Gasteiger partial charge >= 0.3 is 0 Å². The van der Waals surface area contributed by atoms with E-state index in [4.69, 9.17) is 9.97 Å². The lowest BCUT2D eigenvalue weighted by Gasteiger charge is -2.15. The third-order valence-corrected chi connectivity index (χ3v) is 12.1. The van der Waals surface area contributed by atoms with Gasteiger partial charge in [0, 0.05) is 36.9 Å². The lowest BCUT2D eigenvalue weighted by atomic mass is 9.91. The fourth-order valence-electron chi connectivity index (χ4n) is 8.19. The van der Waals surface area contributed by atoms with Crippen LogP contribution in [0.1, 0.15) is 0 Å². The van der Waals surface area contributed by atoms with Gasteiger partial charge in [-0.1, -0.05) is 176 Å². The van der Waals surface area contributed by atoms with E-state index in [9.17, 15) is 0 Å². The van der Waals surface area contributed by atoms with Crippen molar-refractivity contribution in [2.45, 2.75) is 0 Å². The molecule has 0 atom stereocenters. The van der Waals surface area contributed by atoms with E-state index in [1.807, 2.05) is 11.3 Å². The molecule has 256 valence electrons. The first kappa shape index (κ1) is 31.6. The Balaban J connectivity index is 1.11. The van der Waals surface area contributed by atoms with Crippen LogP contribution in [0, 0.1) is 0 Å². The van der Waals surface area contributed by atoms with Crippen molar-refractivity contribution in [3.05, 3.63) is 194 Å². The number of thiophene rings is 1. The Morgan fingerprint density at radius 2 is 0.945 bits per heavy atom. The molecule has 2 aromatic heterocycles. The second-order valence-corrected chi connectivity index (χ2v) is 15.2. The summed E-state index contributed by atoms with van der Waals surface area (Å²) in [5, 5.41) is 9.85. The van der Waals surface area contributed by atoms with Gasteiger partial charge < -0.3 is 0 Å². The average molecular weight is 717 g/mol. The number of benzene rings is 9. The molecule has 11 aromatic rings. The van der Waals surface area contributed by atoms with E-state index >= 15 is 0 Å². The third kappa shape index (κ3) is 5.40. The zero-order valence-corrected chi connectivity index (χ0v) is 30.6. The van der Waals surface area contributed by atoms with Crippen LogP contribution in [0.5, 0.6) is 0 Å². The summed E-state index contributed by atoms with van der Waals surface area (Å²) in [5.74, 6) is 0.702. The quantitative estimate of drug-likeness (QED) is 0.131. The predicted molar refractivity (Wildman–Crippen MR) is 235 cm³/mol. The third-order valence-electron chi connectivity index (χ3n) is 10.9. The van der Waals surface area contributed by atoms with Gasteiger partial charge in [0.25, 0.3) is 0 Å². The molecule has 2 nitrogen and oxygen atoms in total. The molecule has 2 heterocycles. The highest BCUT2D eigenvalue weighted by atomic mass is 32.1. The highest BCUT2D eigenvalue weighted by Gasteiger charge is 2.18. The van der Waals surface area contributed by atoms with Gasteiger partial charge in [0.15, 0.2) is 5.82 Å². The summed E-state index contributed by atoms with van der Waals surface area (Å²) >= 11 is 1.86. The molecule has 9 aromatic carbocycles. The van der Waals surface area contributed by atoms with Crippen molar-refractivity contribution in [3.8, 4) is 56.2 Å². The normalized spacial score (nSPS) is 11.6. The SMILES string of the molecule is c1ccc(-c2ccc(-c3nc(-c4ccc(-c5cccc6c5sc5ccccc56)cc4)cc(-c4c5ccccc5cc5c4ccc4ccccc45)n3)cc2)cc1. The first-order chi connectivity index (χ1) is 27.2. The van der Waals surface area contributed by atoms with Crippen LogP contribution in [0.3, 0.4) is 0 Å².